The van der Waals surface area contributed by atoms with E-state index < -0.39 is 0 Å². The zero-order chi connectivity index (χ0) is 16.1. The maximum absolute atomic E-state index is 8.52. The van der Waals surface area contributed by atoms with Gasteiger partial charge in [0.25, 0.3) is 0 Å². The lowest BCUT2D eigenvalue weighted by Gasteiger charge is -2.19. The van der Waals surface area contributed by atoms with Gasteiger partial charge in [0.2, 0.25) is 0 Å². The van der Waals surface area contributed by atoms with Crippen molar-refractivity contribution in [2.24, 2.45) is 11.7 Å². The van der Waals surface area contributed by atoms with Crippen LogP contribution in [0.3, 0.4) is 0 Å². The van der Waals surface area contributed by atoms with Gasteiger partial charge in [-0.3, -0.25) is 0 Å². The molecule has 0 heterocycles. The molecule has 0 spiro atoms. The van der Waals surface area contributed by atoms with Crippen LogP contribution in [0.4, 0.5) is 0 Å². The number of allylic oxidation sites excluding steroid dienone is 3. The van der Waals surface area contributed by atoms with Gasteiger partial charge in [-0.25, -0.2) is 0 Å². The maximum Gasteiger partial charge on any atom is 0.0447 e. The topological polar surface area (TPSA) is 61.9 Å². The van der Waals surface area contributed by atoms with E-state index in [0.29, 0.717) is 18.8 Å². The van der Waals surface area contributed by atoms with E-state index in [4.69, 9.17) is 11.1 Å². The summed E-state index contributed by atoms with van der Waals surface area (Å²) < 4.78 is 0. The first-order valence-corrected chi connectivity index (χ1v) is 8.16. The minimum atomic E-state index is 0.00684. The Bertz CT molecular complexity index is 758. The van der Waals surface area contributed by atoms with Crippen molar-refractivity contribution in [3.63, 3.8) is 0 Å². The first-order chi connectivity index (χ1) is 11.3. The SMILES string of the molecule is N=C(c1ccc2ccccc2c1)C(CN)CNC1=CCCC=C1. The summed E-state index contributed by atoms with van der Waals surface area (Å²) >= 11 is 0. The van der Waals surface area contributed by atoms with Crippen molar-refractivity contribution in [3.8, 4) is 0 Å². The molecule has 1 unspecified atom stereocenters. The second kappa shape index (κ2) is 7.25. The van der Waals surface area contributed by atoms with Crippen LogP contribution < -0.4 is 11.1 Å². The third-order valence-electron chi connectivity index (χ3n) is 4.30. The molecule has 1 aliphatic rings. The van der Waals surface area contributed by atoms with Gasteiger partial charge < -0.3 is 16.5 Å². The fourth-order valence-corrected chi connectivity index (χ4v) is 2.88. The number of rotatable bonds is 6. The highest BCUT2D eigenvalue weighted by Gasteiger charge is 2.15. The van der Waals surface area contributed by atoms with Gasteiger partial charge in [-0.1, -0.05) is 48.6 Å². The highest BCUT2D eigenvalue weighted by atomic mass is 14.9. The van der Waals surface area contributed by atoms with E-state index >= 15 is 0 Å². The third-order valence-corrected chi connectivity index (χ3v) is 4.30. The lowest BCUT2D eigenvalue weighted by atomic mass is 9.94. The summed E-state index contributed by atoms with van der Waals surface area (Å²) in [5.41, 5.74) is 8.62. The predicted molar refractivity (Wildman–Crippen MR) is 97.8 cm³/mol. The van der Waals surface area contributed by atoms with Crippen LogP contribution in [-0.2, 0) is 0 Å². The lowest BCUT2D eigenvalue weighted by molar-refractivity contribution is 0.640. The van der Waals surface area contributed by atoms with Gasteiger partial charge in [0.1, 0.15) is 0 Å². The minimum absolute atomic E-state index is 0.00684. The maximum atomic E-state index is 8.52. The fourth-order valence-electron chi connectivity index (χ4n) is 2.88. The van der Waals surface area contributed by atoms with E-state index in [0.717, 1.165) is 29.5 Å². The van der Waals surface area contributed by atoms with Crippen LogP contribution in [0.1, 0.15) is 18.4 Å². The Morgan fingerprint density at radius 2 is 1.96 bits per heavy atom. The van der Waals surface area contributed by atoms with Crippen molar-refractivity contribution in [1.29, 1.82) is 5.41 Å². The number of nitrogens with two attached hydrogens (primary N) is 1. The first kappa shape index (κ1) is 15.5. The molecular formula is C20H23N3. The van der Waals surface area contributed by atoms with Gasteiger partial charge in [0, 0.05) is 30.4 Å². The van der Waals surface area contributed by atoms with Gasteiger partial charge in [0.05, 0.1) is 0 Å². The first-order valence-electron chi connectivity index (χ1n) is 8.16. The Morgan fingerprint density at radius 3 is 2.70 bits per heavy atom. The summed E-state index contributed by atoms with van der Waals surface area (Å²) in [5, 5.41) is 14.3. The molecule has 1 aliphatic carbocycles. The van der Waals surface area contributed by atoms with Crippen molar-refractivity contribution >= 4 is 16.5 Å². The van der Waals surface area contributed by atoms with Crippen LogP contribution in [0.25, 0.3) is 10.8 Å². The van der Waals surface area contributed by atoms with Gasteiger partial charge in [-0.15, -0.1) is 0 Å². The monoisotopic (exact) mass is 305 g/mol. The lowest BCUT2D eigenvalue weighted by Crippen LogP contribution is -2.33. The largest absolute Gasteiger partial charge is 0.385 e. The molecule has 23 heavy (non-hydrogen) atoms. The van der Waals surface area contributed by atoms with Gasteiger partial charge >= 0.3 is 0 Å². The zero-order valence-corrected chi connectivity index (χ0v) is 13.3. The van der Waals surface area contributed by atoms with Crippen LogP contribution in [0.5, 0.6) is 0 Å². The molecular weight excluding hydrogens is 282 g/mol. The number of benzene rings is 2. The van der Waals surface area contributed by atoms with Gasteiger partial charge in [0.15, 0.2) is 0 Å². The number of hydrogen-bond acceptors (Lipinski definition) is 3. The van der Waals surface area contributed by atoms with E-state index in [1.54, 1.807) is 0 Å². The molecule has 0 bridgehead atoms. The number of nitrogens with one attached hydrogen (secondary N) is 2. The Balaban J connectivity index is 1.72. The van der Waals surface area contributed by atoms with Crippen LogP contribution in [-0.4, -0.2) is 18.8 Å². The highest BCUT2D eigenvalue weighted by molar-refractivity contribution is 6.03. The third kappa shape index (κ3) is 3.69. The molecule has 3 rings (SSSR count). The van der Waals surface area contributed by atoms with Crippen LogP contribution in [0.2, 0.25) is 0 Å². The van der Waals surface area contributed by atoms with E-state index in [9.17, 15) is 0 Å². The summed E-state index contributed by atoms with van der Waals surface area (Å²) in [5.74, 6) is 0.00684. The molecule has 3 nitrogen and oxygen atoms in total. The van der Waals surface area contributed by atoms with Crippen molar-refractivity contribution in [2.45, 2.75) is 12.8 Å². The molecule has 0 saturated heterocycles. The van der Waals surface area contributed by atoms with Crippen molar-refractivity contribution < 1.29 is 0 Å². The second-order valence-electron chi connectivity index (χ2n) is 5.93. The summed E-state index contributed by atoms with van der Waals surface area (Å²) in [6.07, 6.45) is 8.67. The predicted octanol–water partition coefficient (Wildman–Crippen LogP) is 3.61. The number of fused-ring (bicyclic) bond motifs is 1. The molecule has 0 radical (unpaired) electrons. The fraction of sp³-hybridized carbons (Fsp3) is 0.250. The van der Waals surface area contributed by atoms with Crippen molar-refractivity contribution in [1.82, 2.24) is 5.32 Å². The molecule has 0 aromatic heterocycles. The minimum Gasteiger partial charge on any atom is -0.385 e. The Hall–Kier alpha value is -2.39. The van der Waals surface area contributed by atoms with E-state index in [1.165, 1.54) is 5.39 Å². The average molecular weight is 305 g/mol. The summed E-state index contributed by atoms with van der Waals surface area (Å²) in [4.78, 5) is 0. The zero-order valence-electron chi connectivity index (χ0n) is 13.3. The summed E-state index contributed by atoms with van der Waals surface area (Å²) in [6, 6.07) is 14.4. The van der Waals surface area contributed by atoms with Crippen LogP contribution >= 0.6 is 0 Å². The van der Waals surface area contributed by atoms with Crippen LogP contribution in [0, 0.1) is 11.3 Å². The Kier molecular flexibility index (Phi) is 4.89. The van der Waals surface area contributed by atoms with E-state index in [1.807, 2.05) is 18.2 Å². The summed E-state index contributed by atoms with van der Waals surface area (Å²) in [7, 11) is 0. The average Bonchev–Trinajstić information content (AvgIpc) is 2.62. The smallest absolute Gasteiger partial charge is 0.0447 e. The molecule has 3 heteroatoms. The molecule has 118 valence electrons. The van der Waals surface area contributed by atoms with Gasteiger partial charge in [-0.2, -0.15) is 0 Å². The quantitative estimate of drug-likeness (QED) is 0.714. The molecule has 2 aromatic carbocycles. The molecule has 0 amide bonds. The van der Waals surface area contributed by atoms with Crippen molar-refractivity contribution in [3.05, 3.63) is 72.0 Å². The Labute approximate surface area is 137 Å². The molecule has 0 fully saturated rings. The molecule has 0 saturated carbocycles. The molecule has 4 N–H and O–H groups in total. The molecule has 0 aliphatic heterocycles. The van der Waals surface area contributed by atoms with Crippen molar-refractivity contribution in [2.75, 3.05) is 13.1 Å². The van der Waals surface area contributed by atoms with E-state index in [2.05, 4.69) is 47.8 Å². The summed E-state index contributed by atoms with van der Waals surface area (Å²) in [6.45, 7) is 1.16. The highest BCUT2D eigenvalue weighted by Crippen LogP contribution is 2.18. The van der Waals surface area contributed by atoms with Crippen LogP contribution in [0.15, 0.2) is 66.4 Å². The van der Waals surface area contributed by atoms with Gasteiger partial charge in [-0.05, 0) is 41.3 Å². The molecule has 2 aromatic rings. The standard InChI is InChI=1S/C20H23N3/c21-13-18(14-23-19-8-2-1-3-9-19)20(22)17-11-10-15-6-4-5-7-16(15)12-17/h2,4-12,18,22-23H,1,3,13-14,21H2. The molecule has 1 atom stereocenters. The number of hydrogen-bond donors (Lipinski definition) is 3. The normalized spacial score (nSPS) is 15.3. The van der Waals surface area contributed by atoms with E-state index in [-0.39, 0.29) is 5.92 Å². The Morgan fingerprint density at radius 1 is 1.13 bits per heavy atom. The second-order valence-corrected chi connectivity index (χ2v) is 5.93.